The van der Waals surface area contributed by atoms with Crippen molar-refractivity contribution in [1.29, 1.82) is 0 Å². The Hall–Kier alpha value is -5.52. The van der Waals surface area contributed by atoms with Gasteiger partial charge in [0.25, 0.3) is 0 Å². The lowest BCUT2D eigenvalue weighted by atomic mass is 9.97. The zero-order valence-corrected chi connectivity index (χ0v) is 21.8. The van der Waals surface area contributed by atoms with Crippen LogP contribution in [-0.4, -0.2) is 9.13 Å². The van der Waals surface area contributed by atoms with Crippen LogP contribution >= 0.6 is 0 Å². The van der Waals surface area contributed by atoms with Crippen molar-refractivity contribution in [1.82, 2.24) is 9.13 Å². The molecule has 0 saturated heterocycles. The highest BCUT2D eigenvalue weighted by molar-refractivity contribution is 6.11. The highest BCUT2D eigenvalue weighted by Crippen LogP contribution is 2.41. The van der Waals surface area contributed by atoms with Gasteiger partial charge in [-0.25, -0.2) is 0 Å². The van der Waals surface area contributed by atoms with E-state index in [1.54, 1.807) is 0 Å². The number of fused-ring (bicyclic) bond motifs is 6. The summed E-state index contributed by atoms with van der Waals surface area (Å²) in [6.07, 6.45) is 6.20. The van der Waals surface area contributed by atoms with Crippen LogP contribution < -0.4 is 0 Å². The molecule has 0 spiro atoms. The van der Waals surface area contributed by atoms with Crippen molar-refractivity contribution in [2.45, 2.75) is 0 Å². The SMILES string of the molecule is C#Cc1cccc(-c2ccccc2-n2c3ccccc3c3ccccc32)c1-n1c2ccccc2c2ccccc21. The molecule has 0 aliphatic carbocycles. The van der Waals surface area contributed by atoms with Crippen LogP contribution in [0, 0.1) is 12.3 Å². The molecule has 0 amide bonds. The first-order chi connectivity index (χ1) is 19.8. The van der Waals surface area contributed by atoms with E-state index in [1.165, 1.54) is 32.6 Å². The monoisotopic (exact) mass is 508 g/mol. The molecule has 0 atom stereocenters. The number of hydrogen-bond donors (Lipinski definition) is 0. The van der Waals surface area contributed by atoms with Crippen LogP contribution in [0.15, 0.2) is 140 Å². The predicted octanol–water partition coefficient (Wildman–Crippen LogP) is 9.53. The maximum absolute atomic E-state index is 6.20. The lowest BCUT2D eigenvalue weighted by molar-refractivity contribution is 1.15. The third kappa shape index (κ3) is 3.13. The van der Waals surface area contributed by atoms with Crippen LogP contribution in [0.3, 0.4) is 0 Å². The van der Waals surface area contributed by atoms with E-state index >= 15 is 0 Å². The summed E-state index contributed by atoms with van der Waals surface area (Å²) in [6.45, 7) is 0. The van der Waals surface area contributed by atoms with Crippen LogP contribution in [0.2, 0.25) is 0 Å². The average molecular weight is 509 g/mol. The van der Waals surface area contributed by atoms with Crippen LogP contribution in [0.5, 0.6) is 0 Å². The van der Waals surface area contributed by atoms with Crippen LogP contribution in [0.1, 0.15) is 5.56 Å². The summed E-state index contributed by atoms with van der Waals surface area (Å²) >= 11 is 0. The minimum atomic E-state index is 0.862. The summed E-state index contributed by atoms with van der Waals surface area (Å²) in [4.78, 5) is 0. The van der Waals surface area contributed by atoms with Crippen LogP contribution in [0.25, 0.3) is 66.1 Å². The Bertz CT molecular complexity index is 2180. The second kappa shape index (κ2) is 8.76. The van der Waals surface area contributed by atoms with E-state index in [0.29, 0.717) is 0 Å². The van der Waals surface area contributed by atoms with E-state index in [1.807, 2.05) is 6.07 Å². The van der Waals surface area contributed by atoms with Gasteiger partial charge >= 0.3 is 0 Å². The summed E-state index contributed by atoms with van der Waals surface area (Å²) in [5.74, 6) is 3.01. The number of hydrogen-bond acceptors (Lipinski definition) is 0. The molecule has 0 N–H and O–H groups in total. The zero-order valence-electron chi connectivity index (χ0n) is 21.8. The molecular formula is C38H24N2. The number of terminal acetylenes is 1. The molecule has 0 saturated carbocycles. The molecule has 6 aromatic carbocycles. The summed E-state index contributed by atoms with van der Waals surface area (Å²) in [5.41, 5.74) is 9.88. The Morgan fingerprint density at radius 1 is 0.400 bits per heavy atom. The third-order valence-electron chi connectivity index (χ3n) is 8.01. The first-order valence-electron chi connectivity index (χ1n) is 13.5. The Morgan fingerprint density at radius 3 is 1.35 bits per heavy atom. The smallest absolute Gasteiger partial charge is 0.0697 e. The molecule has 2 aromatic heterocycles. The topological polar surface area (TPSA) is 9.86 Å². The molecule has 8 rings (SSSR count). The van der Waals surface area contributed by atoms with Crippen molar-refractivity contribution in [2.75, 3.05) is 0 Å². The number of para-hydroxylation sites is 6. The molecule has 2 heteroatoms. The molecule has 0 fully saturated rings. The van der Waals surface area contributed by atoms with E-state index < -0.39 is 0 Å². The molecular weight excluding hydrogens is 484 g/mol. The van der Waals surface area contributed by atoms with Gasteiger partial charge in [0.05, 0.1) is 33.4 Å². The van der Waals surface area contributed by atoms with Crippen molar-refractivity contribution >= 4 is 43.6 Å². The first-order valence-corrected chi connectivity index (χ1v) is 13.5. The Labute approximate surface area is 232 Å². The van der Waals surface area contributed by atoms with Gasteiger partial charge in [-0.1, -0.05) is 109 Å². The van der Waals surface area contributed by atoms with Crippen LogP contribution in [0.4, 0.5) is 0 Å². The molecule has 0 bridgehead atoms. The van der Waals surface area contributed by atoms with E-state index in [4.69, 9.17) is 6.42 Å². The first kappa shape index (κ1) is 22.5. The van der Waals surface area contributed by atoms with Gasteiger partial charge in [0.1, 0.15) is 0 Å². The van der Waals surface area contributed by atoms with Gasteiger partial charge in [-0.05, 0) is 36.4 Å². The van der Waals surface area contributed by atoms with Crippen LogP contribution in [-0.2, 0) is 0 Å². The molecule has 0 unspecified atom stereocenters. The molecule has 186 valence electrons. The molecule has 40 heavy (non-hydrogen) atoms. The van der Waals surface area contributed by atoms with Crippen molar-refractivity contribution in [2.24, 2.45) is 0 Å². The molecule has 0 aliphatic rings. The van der Waals surface area contributed by atoms with E-state index in [-0.39, 0.29) is 0 Å². The van der Waals surface area contributed by atoms with Gasteiger partial charge in [-0.3, -0.25) is 0 Å². The zero-order chi connectivity index (χ0) is 26.6. The number of nitrogens with zero attached hydrogens (tertiary/aromatic N) is 2. The van der Waals surface area contributed by atoms with Gasteiger partial charge in [0.15, 0.2) is 0 Å². The second-order valence-electron chi connectivity index (χ2n) is 10.1. The van der Waals surface area contributed by atoms with Gasteiger partial charge in [-0.2, -0.15) is 0 Å². The summed E-state index contributed by atoms with van der Waals surface area (Å²) < 4.78 is 4.73. The molecule has 8 aromatic rings. The van der Waals surface area contributed by atoms with E-state index in [9.17, 15) is 0 Å². The lowest BCUT2D eigenvalue weighted by Gasteiger charge is -2.19. The fourth-order valence-corrected chi connectivity index (χ4v) is 6.36. The Balaban J connectivity index is 1.51. The second-order valence-corrected chi connectivity index (χ2v) is 10.1. The fourth-order valence-electron chi connectivity index (χ4n) is 6.36. The number of aromatic nitrogens is 2. The fraction of sp³-hybridized carbons (Fsp3) is 0. The normalized spacial score (nSPS) is 11.5. The highest BCUT2D eigenvalue weighted by Gasteiger charge is 2.21. The molecule has 2 heterocycles. The van der Waals surface area contributed by atoms with Gasteiger partial charge in [0, 0.05) is 38.2 Å². The summed E-state index contributed by atoms with van der Waals surface area (Å²) in [5, 5.41) is 4.92. The maximum atomic E-state index is 6.20. The molecule has 2 nitrogen and oxygen atoms in total. The van der Waals surface area contributed by atoms with E-state index in [0.717, 1.165) is 39.1 Å². The van der Waals surface area contributed by atoms with Gasteiger partial charge in [-0.15, -0.1) is 6.42 Å². The van der Waals surface area contributed by atoms with Crippen molar-refractivity contribution < 1.29 is 0 Å². The number of rotatable bonds is 3. The molecule has 0 radical (unpaired) electrons. The Morgan fingerprint density at radius 2 is 0.825 bits per heavy atom. The minimum Gasteiger partial charge on any atom is -0.309 e. The van der Waals surface area contributed by atoms with E-state index in [2.05, 4.69) is 149 Å². The number of benzene rings is 6. The summed E-state index contributed by atoms with van der Waals surface area (Å²) in [6, 6.07) is 49.4. The molecule has 0 aliphatic heterocycles. The summed E-state index contributed by atoms with van der Waals surface area (Å²) in [7, 11) is 0. The third-order valence-corrected chi connectivity index (χ3v) is 8.01. The van der Waals surface area contributed by atoms with Crippen molar-refractivity contribution in [3.05, 3.63) is 145 Å². The standard InChI is InChI=1S/C38H24N2/c1-2-26-14-13-20-32(38(26)40-36-24-11-5-17-29(36)30-18-6-12-25-37(30)40)31-19-7-10-23-35(31)39-33-21-8-3-15-27(33)28-16-4-9-22-34(28)39/h1,3-25H. The maximum Gasteiger partial charge on any atom is 0.0697 e. The van der Waals surface area contributed by atoms with Gasteiger partial charge in [0.2, 0.25) is 0 Å². The Kier molecular flexibility index (Phi) is 4.92. The quantitative estimate of drug-likeness (QED) is 0.210. The van der Waals surface area contributed by atoms with Crippen molar-refractivity contribution in [3.63, 3.8) is 0 Å². The average Bonchev–Trinajstić information content (AvgIpc) is 3.54. The highest BCUT2D eigenvalue weighted by atomic mass is 15.0. The minimum absolute atomic E-state index is 0.862. The lowest BCUT2D eigenvalue weighted by Crippen LogP contribution is -2.03. The van der Waals surface area contributed by atoms with Crippen molar-refractivity contribution in [3.8, 4) is 34.8 Å². The van der Waals surface area contributed by atoms with Gasteiger partial charge < -0.3 is 9.13 Å². The largest absolute Gasteiger partial charge is 0.309 e. The predicted molar refractivity (Wildman–Crippen MR) is 168 cm³/mol.